The van der Waals surface area contributed by atoms with Crippen molar-refractivity contribution in [2.45, 2.75) is 31.4 Å². The van der Waals surface area contributed by atoms with Crippen molar-refractivity contribution in [3.8, 4) is 0 Å². The van der Waals surface area contributed by atoms with Crippen molar-refractivity contribution >= 4 is 11.8 Å². The maximum atomic E-state index is 11.7. The van der Waals surface area contributed by atoms with E-state index in [9.17, 15) is 14.7 Å². The van der Waals surface area contributed by atoms with Crippen LogP contribution in [0.4, 0.5) is 0 Å². The van der Waals surface area contributed by atoms with Gasteiger partial charge in [-0.15, -0.1) is 0 Å². The summed E-state index contributed by atoms with van der Waals surface area (Å²) in [4.78, 5) is 24.3. The van der Waals surface area contributed by atoms with Crippen LogP contribution in [-0.2, 0) is 9.59 Å². The Morgan fingerprint density at radius 2 is 2.29 bits per heavy atom. The summed E-state index contributed by atoms with van der Waals surface area (Å²) in [7, 11) is 0. The Morgan fingerprint density at radius 3 is 2.79 bits per heavy atom. The monoisotopic (exact) mass is 198 g/mol. The topological polar surface area (TPSA) is 69.6 Å². The van der Waals surface area contributed by atoms with E-state index in [1.54, 1.807) is 4.90 Å². The second-order valence-electron chi connectivity index (χ2n) is 3.89. The average Bonchev–Trinajstić information content (AvgIpc) is 2.73. The van der Waals surface area contributed by atoms with Gasteiger partial charge in [-0.05, 0) is 12.8 Å². The van der Waals surface area contributed by atoms with E-state index in [2.05, 4.69) is 5.32 Å². The molecule has 2 heterocycles. The van der Waals surface area contributed by atoms with Crippen molar-refractivity contribution < 1.29 is 14.7 Å². The molecule has 2 fully saturated rings. The molecule has 2 aliphatic heterocycles. The lowest BCUT2D eigenvalue weighted by Crippen LogP contribution is -2.43. The molecule has 0 saturated carbocycles. The first-order valence-corrected chi connectivity index (χ1v) is 4.93. The van der Waals surface area contributed by atoms with Gasteiger partial charge in [0.2, 0.25) is 11.8 Å². The molecule has 2 atom stereocenters. The summed E-state index contributed by atoms with van der Waals surface area (Å²) in [5.41, 5.74) is 0. The maximum Gasteiger partial charge on any atom is 0.245 e. The van der Waals surface area contributed by atoms with Crippen molar-refractivity contribution in [1.29, 1.82) is 0 Å². The van der Waals surface area contributed by atoms with Crippen LogP contribution in [0.3, 0.4) is 0 Å². The Morgan fingerprint density at radius 1 is 1.50 bits per heavy atom. The van der Waals surface area contributed by atoms with E-state index in [0.29, 0.717) is 32.4 Å². The summed E-state index contributed by atoms with van der Waals surface area (Å²) in [5, 5.41) is 11.9. The largest absolute Gasteiger partial charge is 0.391 e. The lowest BCUT2D eigenvalue weighted by molar-refractivity contribution is -0.133. The van der Waals surface area contributed by atoms with E-state index >= 15 is 0 Å². The Kier molecular flexibility index (Phi) is 2.41. The second kappa shape index (κ2) is 3.57. The van der Waals surface area contributed by atoms with Crippen LogP contribution in [0, 0.1) is 0 Å². The van der Waals surface area contributed by atoms with E-state index < -0.39 is 6.10 Å². The lowest BCUT2D eigenvalue weighted by Gasteiger charge is -2.19. The van der Waals surface area contributed by atoms with Gasteiger partial charge in [-0.1, -0.05) is 0 Å². The molecule has 2 aliphatic rings. The number of aliphatic hydroxyl groups is 1. The Hall–Kier alpha value is -1.10. The molecule has 0 bridgehead atoms. The summed E-state index contributed by atoms with van der Waals surface area (Å²) >= 11 is 0. The van der Waals surface area contributed by atoms with Gasteiger partial charge < -0.3 is 15.3 Å². The van der Waals surface area contributed by atoms with Gasteiger partial charge in [-0.2, -0.15) is 0 Å². The fraction of sp³-hybridized carbons (Fsp3) is 0.778. The highest BCUT2D eigenvalue weighted by molar-refractivity contribution is 5.90. The molecule has 0 aromatic heterocycles. The molecule has 0 radical (unpaired) electrons. The summed E-state index contributed by atoms with van der Waals surface area (Å²) in [6.45, 7) is 1.01. The van der Waals surface area contributed by atoms with E-state index in [4.69, 9.17) is 0 Å². The van der Waals surface area contributed by atoms with E-state index in [0.717, 1.165) is 0 Å². The molecular formula is C9H14N2O3. The van der Waals surface area contributed by atoms with Crippen LogP contribution in [0.15, 0.2) is 0 Å². The number of likely N-dealkylation sites (tertiary alicyclic amines) is 1. The summed E-state index contributed by atoms with van der Waals surface area (Å²) < 4.78 is 0. The molecule has 78 valence electrons. The summed E-state index contributed by atoms with van der Waals surface area (Å²) in [5.74, 6) is -0.101. The molecule has 5 heteroatoms. The number of rotatable bonds is 1. The smallest absolute Gasteiger partial charge is 0.245 e. The highest BCUT2D eigenvalue weighted by Crippen LogP contribution is 2.14. The number of β-amino-alcohol motifs (C(OH)–C–C–N with tert-alkyl or cyclic N) is 1. The number of carbonyl (C=O) groups excluding carboxylic acids is 2. The molecule has 14 heavy (non-hydrogen) atoms. The minimum atomic E-state index is -0.393. The Balaban J connectivity index is 1.92. The van der Waals surface area contributed by atoms with Crippen molar-refractivity contribution in [3.05, 3.63) is 0 Å². The maximum absolute atomic E-state index is 11.7. The van der Waals surface area contributed by atoms with E-state index in [1.165, 1.54) is 0 Å². The minimum absolute atomic E-state index is 0.0487. The van der Waals surface area contributed by atoms with Crippen molar-refractivity contribution in [1.82, 2.24) is 10.2 Å². The molecule has 2 rings (SSSR count). The third-order valence-electron chi connectivity index (χ3n) is 2.77. The fourth-order valence-corrected chi connectivity index (χ4v) is 1.96. The second-order valence-corrected chi connectivity index (χ2v) is 3.89. The predicted molar refractivity (Wildman–Crippen MR) is 48.4 cm³/mol. The highest BCUT2D eigenvalue weighted by Gasteiger charge is 2.33. The van der Waals surface area contributed by atoms with Crippen LogP contribution in [0.5, 0.6) is 0 Å². The number of nitrogens with one attached hydrogen (secondary N) is 1. The quantitative estimate of drug-likeness (QED) is 0.559. The van der Waals surface area contributed by atoms with Crippen LogP contribution in [-0.4, -0.2) is 47.1 Å². The molecule has 2 saturated heterocycles. The molecule has 5 nitrogen and oxygen atoms in total. The first kappa shape index (κ1) is 9.45. The zero-order valence-corrected chi connectivity index (χ0v) is 7.90. The Bertz CT molecular complexity index is 267. The SMILES string of the molecule is O=C1CC[C@@H](C(=O)N2CCC(O)C2)N1. The molecular weight excluding hydrogens is 184 g/mol. The van der Waals surface area contributed by atoms with Gasteiger partial charge in [0.25, 0.3) is 0 Å². The molecule has 1 unspecified atom stereocenters. The summed E-state index contributed by atoms with van der Waals surface area (Å²) in [6.07, 6.45) is 1.28. The predicted octanol–water partition coefficient (Wildman–Crippen LogP) is -1.14. The average molecular weight is 198 g/mol. The zero-order valence-electron chi connectivity index (χ0n) is 7.90. The van der Waals surface area contributed by atoms with Gasteiger partial charge in [0.1, 0.15) is 6.04 Å². The number of hydrogen-bond acceptors (Lipinski definition) is 3. The van der Waals surface area contributed by atoms with Crippen molar-refractivity contribution in [2.75, 3.05) is 13.1 Å². The number of hydrogen-bond donors (Lipinski definition) is 2. The number of aliphatic hydroxyl groups excluding tert-OH is 1. The molecule has 0 aliphatic carbocycles. The third-order valence-corrected chi connectivity index (χ3v) is 2.77. The third kappa shape index (κ3) is 1.72. The first-order chi connectivity index (χ1) is 6.66. The lowest BCUT2D eigenvalue weighted by atomic mass is 10.2. The number of nitrogens with zero attached hydrogens (tertiary/aromatic N) is 1. The van der Waals surface area contributed by atoms with Gasteiger partial charge in [0.05, 0.1) is 6.10 Å². The van der Waals surface area contributed by atoms with Gasteiger partial charge in [-0.3, -0.25) is 9.59 Å². The normalized spacial score (nSPS) is 32.1. The molecule has 2 amide bonds. The first-order valence-electron chi connectivity index (χ1n) is 4.93. The standard InChI is InChI=1S/C9H14N2O3/c12-6-3-4-11(5-6)9(14)7-1-2-8(13)10-7/h6-7,12H,1-5H2,(H,10,13)/t6?,7-/m0/s1. The molecule has 0 spiro atoms. The Labute approximate surface area is 82.1 Å². The molecule has 0 aromatic carbocycles. The van der Waals surface area contributed by atoms with Crippen LogP contribution < -0.4 is 5.32 Å². The number of amides is 2. The minimum Gasteiger partial charge on any atom is -0.391 e. The van der Waals surface area contributed by atoms with Crippen molar-refractivity contribution in [2.24, 2.45) is 0 Å². The van der Waals surface area contributed by atoms with Gasteiger partial charge in [0.15, 0.2) is 0 Å². The van der Waals surface area contributed by atoms with Crippen LogP contribution >= 0.6 is 0 Å². The van der Waals surface area contributed by atoms with Crippen LogP contribution in [0.1, 0.15) is 19.3 Å². The van der Waals surface area contributed by atoms with Gasteiger partial charge >= 0.3 is 0 Å². The molecule has 0 aromatic rings. The highest BCUT2D eigenvalue weighted by atomic mass is 16.3. The summed E-state index contributed by atoms with van der Waals surface area (Å²) in [6, 6.07) is -0.354. The number of carbonyl (C=O) groups is 2. The van der Waals surface area contributed by atoms with Crippen LogP contribution in [0.25, 0.3) is 0 Å². The van der Waals surface area contributed by atoms with E-state index in [-0.39, 0.29) is 17.9 Å². The van der Waals surface area contributed by atoms with E-state index in [1.807, 2.05) is 0 Å². The van der Waals surface area contributed by atoms with Crippen LogP contribution in [0.2, 0.25) is 0 Å². The molecule has 2 N–H and O–H groups in total. The zero-order chi connectivity index (χ0) is 10.1. The van der Waals surface area contributed by atoms with Gasteiger partial charge in [0, 0.05) is 19.5 Å². The fourth-order valence-electron chi connectivity index (χ4n) is 1.96. The van der Waals surface area contributed by atoms with Crippen molar-refractivity contribution in [3.63, 3.8) is 0 Å². The van der Waals surface area contributed by atoms with Gasteiger partial charge in [-0.25, -0.2) is 0 Å².